The van der Waals surface area contributed by atoms with Crippen molar-refractivity contribution in [2.45, 2.75) is 13.0 Å². The third-order valence-corrected chi connectivity index (χ3v) is 3.18. The van der Waals surface area contributed by atoms with Crippen LogP contribution in [0, 0.1) is 0 Å². The summed E-state index contributed by atoms with van der Waals surface area (Å²) < 4.78 is 2.37. The number of nitrogens with zero attached hydrogens (tertiary/aromatic N) is 2. The SMILES string of the molecule is C[C@H]1CN(C)CCN1I. The summed E-state index contributed by atoms with van der Waals surface area (Å²) in [5.74, 6) is 0. The number of hydrogen-bond donors (Lipinski definition) is 0. The van der Waals surface area contributed by atoms with E-state index in [0.29, 0.717) is 0 Å². The minimum absolute atomic E-state index is 0.726. The van der Waals surface area contributed by atoms with E-state index in [1.807, 2.05) is 0 Å². The van der Waals surface area contributed by atoms with Gasteiger partial charge in [-0.1, -0.05) is 0 Å². The number of likely N-dealkylation sites (N-methyl/N-ethyl adjacent to an activating group) is 1. The van der Waals surface area contributed by atoms with Crippen molar-refractivity contribution in [3.63, 3.8) is 0 Å². The predicted molar refractivity (Wildman–Crippen MR) is 47.7 cm³/mol. The van der Waals surface area contributed by atoms with Crippen LogP contribution in [0.4, 0.5) is 0 Å². The molecular formula is C6H13IN2. The maximum absolute atomic E-state index is 2.40. The molecule has 0 bridgehead atoms. The molecule has 3 heteroatoms. The largest absolute Gasteiger partial charge is 0.303 e. The van der Waals surface area contributed by atoms with Crippen molar-refractivity contribution in [2.75, 3.05) is 26.7 Å². The van der Waals surface area contributed by atoms with Gasteiger partial charge >= 0.3 is 0 Å². The molecule has 1 saturated heterocycles. The molecule has 0 aromatic heterocycles. The average Bonchev–Trinajstić information content (AvgIpc) is 1.80. The molecule has 0 spiro atoms. The van der Waals surface area contributed by atoms with Gasteiger partial charge in [-0.15, -0.1) is 0 Å². The Bertz CT molecular complexity index is 97.1. The highest BCUT2D eigenvalue weighted by molar-refractivity contribution is 14.1. The summed E-state index contributed by atoms with van der Waals surface area (Å²) in [5.41, 5.74) is 0. The summed E-state index contributed by atoms with van der Waals surface area (Å²) in [4.78, 5) is 2.37. The highest BCUT2D eigenvalue weighted by atomic mass is 127. The van der Waals surface area contributed by atoms with Gasteiger partial charge in [-0.3, -0.25) is 0 Å². The van der Waals surface area contributed by atoms with Crippen LogP contribution in [-0.4, -0.2) is 40.7 Å². The minimum Gasteiger partial charge on any atom is -0.303 e. The van der Waals surface area contributed by atoms with Gasteiger partial charge in [0.05, 0.1) is 0 Å². The molecule has 0 saturated carbocycles. The highest BCUT2D eigenvalue weighted by Crippen LogP contribution is 2.11. The number of hydrogen-bond acceptors (Lipinski definition) is 2. The van der Waals surface area contributed by atoms with Gasteiger partial charge in [-0.05, 0) is 14.0 Å². The molecule has 1 atom stereocenters. The Kier molecular flexibility index (Phi) is 2.73. The van der Waals surface area contributed by atoms with E-state index >= 15 is 0 Å². The van der Waals surface area contributed by atoms with Crippen LogP contribution in [0.25, 0.3) is 0 Å². The molecule has 0 amide bonds. The molecule has 1 aliphatic heterocycles. The maximum Gasteiger partial charge on any atom is 0.0293 e. The Hall–Kier alpha value is 0.650. The quantitative estimate of drug-likeness (QED) is 0.460. The lowest BCUT2D eigenvalue weighted by Crippen LogP contribution is -2.45. The molecule has 0 aromatic rings. The van der Waals surface area contributed by atoms with E-state index in [0.717, 1.165) is 6.04 Å². The van der Waals surface area contributed by atoms with Crippen molar-refractivity contribution >= 4 is 22.9 Å². The van der Waals surface area contributed by atoms with Crippen LogP contribution in [0.5, 0.6) is 0 Å². The summed E-state index contributed by atoms with van der Waals surface area (Å²) in [6.07, 6.45) is 0. The lowest BCUT2D eigenvalue weighted by Gasteiger charge is -2.33. The second kappa shape index (κ2) is 3.16. The molecule has 0 unspecified atom stereocenters. The maximum atomic E-state index is 2.40. The fourth-order valence-electron chi connectivity index (χ4n) is 1.12. The smallest absolute Gasteiger partial charge is 0.0293 e. The molecule has 1 rings (SSSR count). The fourth-order valence-corrected chi connectivity index (χ4v) is 1.51. The first-order chi connectivity index (χ1) is 4.20. The summed E-state index contributed by atoms with van der Waals surface area (Å²) in [7, 11) is 2.18. The van der Waals surface area contributed by atoms with Gasteiger partial charge in [-0.2, -0.15) is 0 Å². The second-order valence-electron chi connectivity index (χ2n) is 2.73. The van der Waals surface area contributed by atoms with E-state index in [1.165, 1.54) is 19.6 Å². The second-order valence-corrected chi connectivity index (χ2v) is 3.97. The van der Waals surface area contributed by atoms with E-state index in [4.69, 9.17) is 0 Å². The van der Waals surface area contributed by atoms with Crippen LogP contribution in [-0.2, 0) is 0 Å². The van der Waals surface area contributed by atoms with Crippen molar-refractivity contribution in [1.29, 1.82) is 0 Å². The Morgan fingerprint density at radius 2 is 2.11 bits per heavy atom. The summed E-state index contributed by atoms with van der Waals surface area (Å²) in [6, 6.07) is 0.726. The van der Waals surface area contributed by atoms with Crippen LogP contribution < -0.4 is 0 Å². The number of halogens is 1. The lowest BCUT2D eigenvalue weighted by atomic mass is 10.2. The van der Waals surface area contributed by atoms with Gasteiger partial charge < -0.3 is 4.90 Å². The lowest BCUT2D eigenvalue weighted by molar-refractivity contribution is 0.194. The molecular weight excluding hydrogens is 227 g/mol. The van der Waals surface area contributed by atoms with Crippen LogP contribution in [0.2, 0.25) is 0 Å². The monoisotopic (exact) mass is 240 g/mol. The normalized spacial score (nSPS) is 33.0. The highest BCUT2D eigenvalue weighted by Gasteiger charge is 2.18. The molecule has 0 aliphatic carbocycles. The molecule has 0 radical (unpaired) electrons. The van der Waals surface area contributed by atoms with Gasteiger partial charge in [-0.25, -0.2) is 3.11 Å². The van der Waals surface area contributed by atoms with E-state index in [2.05, 4.69) is 44.8 Å². The third kappa shape index (κ3) is 2.05. The van der Waals surface area contributed by atoms with Gasteiger partial charge in [0.25, 0.3) is 0 Å². The van der Waals surface area contributed by atoms with Crippen LogP contribution in [0.1, 0.15) is 6.92 Å². The van der Waals surface area contributed by atoms with E-state index < -0.39 is 0 Å². The third-order valence-electron chi connectivity index (χ3n) is 1.75. The first kappa shape index (κ1) is 7.75. The molecule has 0 aromatic carbocycles. The molecule has 0 N–H and O–H groups in total. The van der Waals surface area contributed by atoms with Crippen molar-refractivity contribution in [3.05, 3.63) is 0 Å². The molecule has 1 aliphatic rings. The van der Waals surface area contributed by atoms with Crippen molar-refractivity contribution in [2.24, 2.45) is 0 Å². The van der Waals surface area contributed by atoms with Gasteiger partial charge in [0, 0.05) is 48.5 Å². The van der Waals surface area contributed by atoms with Crippen LogP contribution in [0.15, 0.2) is 0 Å². The molecule has 9 heavy (non-hydrogen) atoms. The van der Waals surface area contributed by atoms with Crippen molar-refractivity contribution < 1.29 is 0 Å². The van der Waals surface area contributed by atoms with Gasteiger partial charge in [0.15, 0.2) is 0 Å². The zero-order chi connectivity index (χ0) is 6.85. The van der Waals surface area contributed by atoms with Crippen molar-refractivity contribution in [1.82, 2.24) is 8.01 Å². The molecule has 2 nitrogen and oxygen atoms in total. The Labute approximate surface area is 70.7 Å². The summed E-state index contributed by atoms with van der Waals surface area (Å²) >= 11 is 2.40. The average molecular weight is 240 g/mol. The van der Waals surface area contributed by atoms with E-state index in [-0.39, 0.29) is 0 Å². The first-order valence-corrected chi connectivity index (χ1v) is 4.27. The summed E-state index contributed by atoms with van der Waals surface area (Å²) in [6.45, 7) is 5.90. The van der Waals surface area contributed by atoms with Gasteiger partial charge in [0.2, 0.25) is 0 Å². The Balaban J connectivity index is 2.35. The van der Waals surface area contributed by atoms with E-state index in [9.17, 15) is 0 Å². The Morgan fingerprint density at radius 1 is 1.44 bits per heavy atom. The summed E-state index contributed by atoms with van der Waals surface area (Å²) in [5, 5.41) is 0. The molecule has 1 fully saturated rings. The fraction of sp³-hybridized carbons (Fsp3) is 1.00. The predicted octanol–water partition coefficient (Wildman–Crippen LogP) is 0.972. The number of piperazine rings is 1. The molecule has 1 heterocycles. The van der Waals surface area contributed by atoms with Crippen molar-refractivity contribution in [3.8, 4) is 0 Å². The zero-order valence-corrected chi connectivity index (χ0v) is 8.13. The minimum atomic E-state index is 0.726. The Morgan fingerprint density at radius 3 is 2.56 bits per heavy atom. The standard InChI is InChI=1S/C6H13IN2/c1-6-5-8(2)3-4-9(6)7/h6H,3-5H2,1-2H3/t6-/m0/s1. The zero-order valence-electron chi connectivity index (χ0n) is 5.97. The van der Waals surface area contributed by atoms with Crippen LogP contribution >= 0.6 is 22.9 Å². The van der Waals surface area contributed by atoms with E-state index in [1.54, 1.807) is 0 Å². The van der Waals surface area contributed by atoms with Gasteiger partial charge in [0.1, 0.15) is 0 Å². The first-order valence-electron chi connectivity index (χ1n) is 3.31. The number of rotatable bonds is 0. The van der Waals surface area contributed by atoms with Crippen LogP contribution in [0.3, 0.4) is 0 Å². The topological polar surface area (TPSA) is 6.48 Å². The molecule has 54 valence electrons.